The van der Waals surface area contributed by atoms with Gasteiger partial charge in [-0.1, -0.05) is 35.2 Å². The molecule has 148 valence electrons. The number of carbonyl (C=O) groups is 1. The molecule has 6 nitrogen and oxygen atoms in total. The average Bonchev–Trinajstić information content (AvgIpc) is 3.11. The van der Waals surface area contributed by atoms with E-state index in [-0.39, 0.29) is 5.82 Å². The van der Waals surface area contributed by atoms with Crippen LogP contribution in [0, 0.1) is 5.82 Å². The van der Waals surface area contributed by atoms with E-state index in [1.54, 1.807) is 35.2 Å². The quantitative estimate of drug-likeness (QED) is 0.577. The van der Waals surface area contributed by atoms with Crippen molar-refractivity contribution in [3.63, 3.8) is 0 Å². The second-order valence-corrected chi connectivity index (χ2v) is 7.48. The highest BCUT2D eigenvalue weighted by Gasteiger charge is 2.38. The molecule has 1 aliphatic heterocycles. The van der Waals surface area contributed by atoms with E-state index in [2.05, 4.69) is 20.4 Å². The van der Waals surface area contributed by atoms with Crippen molar-refractivity contribution in [2.24, 2.45) is 0 Å². The van der Waals surface area contributed by atoms with Crippen LogP contribution in [0.15, 0.2) is 28.6 Å². The van der Waals surface area contributed by atoms with E-state index in [1.807, 2.05) is 0 Å². The lowest BCUT2D eigenvalue weighted by molar-refractivity contribution is -0.192. The van der Waals surface area contributed by atoms with Crippen molar-refractivity contribution >= 4 is 34.2 Å². The van der Waals surface area contributed by atoms with Gasteiger partial charge in [0.15, 0.2) is 4.34 Å². The highest BCUT2D eigenvalue weighted by molar-refractivity contribution is 8.00. The molecule has 3 rings (SSSR count). The number of hydrogen-bond acceptors (Lipinski definition) is 7. The first-order valence-corrected chi connectivity index (χ1v) is 9.52. The molecule has 1 aromatic heterocycles. The molecule has 0 amide bonds. The number of nitrogens with zero attached hydrogens (tertiary/aromatic N) is 3. The second-order valence-electron chi connectivity index (χ2n) is 5.31. The summed E-state index contributed by atoms with van der Waals surface area (Å²) < 4.78 is 45.5. The number of rotatable bonds is 4. The summed E-state index contributed by atoms with van der Waals surface area (Å²) in [5, 5.41) is 19.9. The van der Waals surface area contributed by atoms with Crippen LogP contribution in [0.1, 0.15) is 5.56 Å². The maximum absolute atomic E-state index is 12.8. The Bertz CT molecular complexity index is 734. The van der Waals surface area contributed by atoms with Crippen molar-refractivity contribution in [1.29, 1.82) is 0 Å². The summed E-state index contributed by atoms with van der Waals surface area (Å²) in [6, 6.07) is 6.59. The highest BCUT2D eigenvalue weighted by atomic mass is 32.2. The van der Waals surface area contributed by atoms with E-state index in [9.17, 15) is 17.6 Å². The number of carboxylic acid groups (broad SMARTS) is 1. The van der Waals surface area contributed by atoms with Gasteiger partial charge in [-0.2, -0.15) is 13.2 Å². The van der Waals surface area contributed by atoms with Crippen LogP contribution in [0.5, 0.6) is 0 Å². The molecule has 0 unspecified atom stereocenters. The van der Waals surface area contributed by atoms with Gasteiger partial charge in [-0.25, -0.2) is 9.18 Å². The minimum atomic E-state index is -5.08. The standard InChI is InChI=1S/C13H15FN4S2.C2HF3O2/c14-11-3-1-10(2-4-11)9-19-13-17-16-12(20-13)18-7-5-15-6-8-18;3-2(4,5)1(6)7/h1-4,15H,5-9H2;(H,6,7). The highest BCUT2D eigenvalue weighted by Crippen LogP contribution is 2.30. The molecule has 0 spiro atoms. The van der Waals surface area contributed by atoms with Crippen LogP contribution in [0.4, 0.5) is 22.7 Å². The summed E-state index contributed by atoms with van der Waals surface area (Å²) >= 11 is 3.27. The van der Waals surface area contributed by atoms with Crippen LogP contribution < -0.4 is 10.2 Å². The van der Waals surface area contributed by atoms with Crippen molar-refractivity contribution in [3.05, 3.63) is 35.6 Å². The summed E-state index contributed by atoms with van der Waals surface area (Å²) in [6.45, 7) is 3.96. The number of anilines is 1. The van der Waals surface area contributed by atoms with Crippen molar-refractivity contribution in [2.75, 3.05) is 31.1 Å². The van der Waals surface area contributed by atoms with E-state index < -0.39 is 12.1 Å². The number of aliphatic carboxylic acids is 1. The van der Waals surface area contributed by atoms with Gasteiger partial charge >= 0.3 is 12.1 Å². The van der Waals surface area contributed by atoms with Gasteiger partial charge in [0.1, 0.15) is 5.82 Å². The molecule has 1 aliphatic rings. The molecule has 1 saturated heterocycles. The molecular formula is C15H16F4N4O2S2. The van der Waals surface area contributed by atoms with Crippen molar-refractivity contribution < 1.29 is 27.5 Å². The maximum Gasteiger partial charge on any atom is 0.490 e. The molecule has 0 radical (unpaired) electrons. The Morgan fingerprint density at radius 3 is 2.37 bits per heavy atom. The number of piperazine rings is 1. The Labute approximate surface area is 160 Å². The smallest absolute Gasteiger partial charge is 0.475 e. The first-order valence-electron chi connectivity index (χ1n) is 7.72. The molecule has 2 heterocycles. The molecule has 2 N–H and O–H groups in total. The number of hydrogen-bond donors (Lipinski definition) is 2. The van der Waals surface area contributed by atoms with Gasteiger partial charge < -0.3 is 15.3 Å². The molecule has 0 bridgehead atoms. The zero-order chi connectivity index (χ0) is 19.9. The zero-order valence-corrected chi connectivity index (χ0v) is 15.5. The van der Waals surface area contributed by atoms with Gasteiger partial charge in [0.2, 0.25) is 5.13 Å². The van der Waals surface area contributed by atoms with Crippen LogP contribution >= 0.6 is 23.1 Å². The zero-order valence-electron chi connectivity index (χ0n) is 13.9. The van der Waals surface area contributed by atoms with Crippen LogP contribution in [-0.2, 0) is 10.5 Å². The Balaban J connectivity index is 0.000000321. The number of thioether (sulfide) groups is 1. The largest absolute Gasteiger partial charge is 0.490 e. The Hall–Kier alpha value is -1.92. The normalized spacial score (nSPS) is 14.4. The van der Waals surface area contributed by atoms with Gasteiger partial charge in [0.25, 0.3) is 0 Å². The summed E-state index contributed by atoms with van der Waals surface area (Å²) in [7, 11) is 0. The molecular weight excluding hydrogens is 408 g/mol. The topological polar surface area (TPSA) is 78.4 Å². The Morgan fingerprint density at radius 2 is 1.81 bits per heavy atom. The van der Waals surface area contributed by atoms with Crippen LogP contribution in [0.25, 0.3) is 0 Å². The number of halogens is 4. The molecule has 2 aromatic rings. The SMILES string of the molecule is Fc1ccc(CSc2nnc(N3CCNCC3)s2)cc1.O=C(O)C(F)(F)F. The summed E-state index contributed by atoms with van der Waals surface area (Å²) in [5.74, 6) is -2.17. The fourth-order valence-corrected chi connectivity index (χ4v) is 3.82. The Morgan fingerprint density at radius 1 is 1.22 bits per heavy atom. The third-order valence-electron chi connectivity index (χ3n) is 3.30. The first kappa shape index (κ1) is 21.4. The number of alkyl halides is 3. The van der Waals surface area contributed by atoms with Crippen LogP contribution in [-0.4, -0.2) is 53.6 Å². The molecule has 1 aromatic carbocycles. The average molecular weight is 424 g/mol. The van der Waals surface area contributed by atoms with E-state index >= 15 is 0 Å². The lowest BCUT2D eigenvalue weighted by Gasteiger charge is -2.26. The van der Waals surface area contributed by atoms with E-state index in [0.717, 1.165) is 47.0 Å². The lowest BCUT2D eigenvalue weighted by Crippen LogP contribution is -2.43. The van der Waals surface area contributed by atoms with Crippen molar-refractivity contribution in [2.45, 2.75) is 16.3 Å². The van der Waals surface area contributed by atoms with Gasteiger partial charge in [-0.05, 0) is 17.7 Å². The van der Waals surface area contributed by atoms with Gasteiger partial charge in [-0.3, -0.25) is 0 Å². The Kier molecular flexibility index (Phi) is 7.80. The van der Waals surface area contributed by atoms with Crippen molar-refractivity contribution in [3.8, 4) is 0 Å². The third-order valence-corrected chi connectivity index (χ3v) is 5.49. The van der Waals surface area contributed by atoms with E-state index in [0.29, 0.717) is 0 Å². The number of nitrogens with one attached hydrogen (secondary N) is 1. The van der Waals surface area contributed by atoms with E-state index in [1.165, 1.54) is 12.1 Å². The summed E-state index contributed by atoms with van der Waals surface area (Å²) in [5.41, 5.74) is 1.09. The first-order chi connectivity index (χ1) is 12.8. The molecule has 12 heteroatoms. The fraction of sp³-hybridized carbons (Fsp3) is 0.400. The maximum atomic E-state index is 12.8. The fourth-order valence-electron chi connectivity index (χ4n) is 1.97. The van der Waals surface area contributed by atoms with Crippen LogP contribution in [0.2, 0.25) is 0 Å². The minimum absolute atomic E-state index is 0.198. The summed E-state index contributed by atoms with van der Waals surface area (Å²) in [4.78, 5) is 11.2. The molecule has 0 saturated carbocycles. The predicted molar refractivity (Wildman–Crippen MR) is 94.6 cm³/mol. The molecule has 0 atom stereocenters. The number of benzene rings is 1. The number of carboxylic acids is 1. The minimum Gasteiger partial charge on any atom is -0.475 e. The summed E-state index contributed by atoms with van der Waals surface area (Å²) in [6.07, 6.45) is -5.08. The monoisotopic (exact) mass is 424 g/mol. The molecule has 1 fully saturated rings. The van der Waals surface area contributed by atoms with Gasteiger partial charge in [0.05, 0.1) is 0 Å². The van der Waals surface area contributed by atoms with Gasteiger partial charge in [0, 0.05) is 31.9 Å². The molecule has 0 aliphatic carbocycles. The number of aromatic nitrogens is 2. The second kappa shape index (κ2) is 9.85. The van der Waals surface area contributed by atoms with E-state index in [4.69, 9.17) is 9.90 Å². The van der Waals surface area contributed by atoms with Crippen LogP contribution in [0.3, 0.4) is 0 Å². The third kappa shape index (κ3) is 7.31. The lowest BCUT2D eigenvalue weighted by atomic mass is 10.2. The van der Waals surface area contributed by atoms with Gasteiger partial charge in [-0.15, -0.1) is 10.2 Å². The van der Waals surface area contributed by atoms with Crippen molar-refractivity contribution in [1.82, 2.24) is 15.5 Å². The molecule has 27 heavy (non-hydrogen) atoms. The predicted octanol–water partition coefficient (Wildman–Crippen LogP) is 3.01.